The molecule has 0 bridgehead atoms. The van der Waals surface area contributed by atoms with E-state index in [0.717, 1.165) is 43.9 Å². The van der Waals surface area contributed by atoms with Crippen LogP contribution in [-0.4, -0.2) is 34.2 Å². The molecule has 2 aliphatic rings. The highest BCUT2D eigenvalue weighted by Crippen LogP contribution is 2.39. The molecule has 8 heteroatoms. The lowest BCUT2D eigenvalue weighted by molar-refractivity contribution is -0.148. The van der Waals surface area contributed by atoms with Crippen LogP contribution in [-0.2, 0) is 14.3 Å². The van der Waals surface area contributed by atoms with Crippen molar-refractivity contribution in [2.24, 2.45) is 0 Å². The van der Waals surface area contributed by atoms with Gasteiger partial charge >= 0.3 is 0 Å². The summed E-state index contributed by atoms with van der Waals surface area (Å²) in [4.78, 5) is 27.8. The molecule has 5 nitrogen and oxygen atoms in total. The van der Waals surface area contributed by atoms with Crippen molar-refractivity contribution in [3.63, 3.8) is 0 Å². The van der Waals surface area contributed by atoms with Crippen molar-refractivity contribution in [1.29, 1.82) is 0 Å². The summed E-state index contributed by atoms with van der Waals surface area (Å²) in [7, 11) is 0. The van der Waals surface area contributed by atoms with Gasteiger partial charge in [-0.15, -0.1) is 11.8 Å². The molecule has 0 aromatic heterocycles. The number of thioether (sulfide) groups is 1. The van der Waals surface area contributed by atoms with E-state index < -0.39 is 23.1 Å². The molecule has 3 rings (SSSR count). The van der Waals surface area contributed by atoms with Crippen molar-refractivity contribution < 1.29 is 23.1 Å². The molecule has 0 unspecified atom stereocenters. The highest BCUT2D eigenvalue weighted by Gasteiger charge is 2.42. The van der Waals surface area contributed by atoms with Crippen LogP contribution in [0.4, 0.5) is 14.5 Å². The summed E-state index contributed by atoms with van der Waals surface area (Å²) in [5.74, 6) is -1.83. The second kappa shape index (κ2) is 8.11. The number of ether oxygens (including phenoxy) is 1. The standard InChI is InChI=1S/C20H24F2N2O3S/c1-12-17(28-16-6-4-5-7-16)18(25)24(11-27-12)20(2,3)19(26)23-15-9-13(21)8-14(22)10-15/h8-10,16H,4-7,11H2,1-3H3,(H,23,26). The van der Waals surface area contributed by atoms with Gasteiger partial charge in [-0.25, -0.2) is 8.78 Å². The number of anilines is 1. The number of benzene rings is 1. The van der Waals surface area contributed by atoms with E-state index in [-0.39, 0.29) is 18.3 Å². The van der Waals surface area contributed by atoms with Crippen LogP contribution in [0.2, 0.25) is 0 Å². The van der Waals surface area contributed by atoms with Crippen LogP contribution in [0.3, 0.4) is 0 Å². The smallest absolute Gasteiger partial charge is 0.267 e. The van der Waals surface area contributed by atoms with Crippen molar-refractivity contribution in [2.75, 3.05) is 12.0 Å². The second-order valence-electron chi connectivity index (χ2n) is 7.59. The minimum absolute atomic E-state index is 0.00627. The molecule has 1 aliphatic heterocycles. The van der Waals surface area contributed by atoms with Crippen LogP contribution in [0, 0.1) is 11.6 Å². The molecule has 0 radical (unpaired) electrons. The van der Waals surface area contributed by atoms with Gasteiger partial charge in [0.1, 0.15) is 27.8 Å². The second-order valence-corrected chi connectivity index (χ2v) is 8.90. The normalized spacial score (nSPS) is 18.5. The van der Waals surface area contributed by atoms with Gasteiger partial charge in [0.15, 0.2) is 6.73 Å². The molecule has 28 heavy (non-hydrogen) atoms. The fourth-order valence-electron chi connectivity index (χ4n) is 3.31. The Balaban J connectivity index is 1.76. The number of halogens is 2. The van der Waals surface area contributed by atoms with Gasteiger partial charge in [0, 0.05) is 17.0 Å². The molecule has 0 spiro atoms. The predicted octanol–water partition coefficient (Wildman–Crippen LogP) is 4.41. The molecule has 1 saturated carbocycles. The van der Waals surface area contributed by atoms with E-state index in [2.05, 4.69) is 5.32 Å². The van der Waals surface area contributed by atoms with Crippen molar-refractivity contribution >= 4 is 29.3 Å². The van der Waals surface area contributed by atoms with E-state index in [4.69, 9.17) is 4.74 Å². The Labute approximate surface area is 167 Å². The average molecular weight is 410 g/mol. The number of carbonyl (C=O) groups is 2. The minimum Gasteiger partial charge on any atom is -0.476 e. The van der Waals surface area contributed by atoms with Crippen molar-refractivity contribution in [3.8, 4) is 0 Å². The summed E-state index contributed by atoms with van der Waals surface area (Å²) >= 11 is 1.52. The number of hydrogen-bond donors (Lipinski definition) is 1. The third-order valence-corrected chi connectivity index (χ3v) is 6.61. The molecule has 2 amide bonds. The zero-order valence-corrected chi connectivity index (χ0v) is 17.0. The van der Waals surface area contributed by atoms with E-state index >= 15 is 0 Å². The van der Waals surface area contributed by atoms with Crippen molar-refractivity contribution in [3.05, 3.63) is 40.5 Å². The molecule has 152 valence electrons. The van der Waals surface area contributed by atoms with Gasteiger partial charge in [0.2, 0.25) is 5.91 Å². The Morgan fingerprint density at radius 2 is 1.82 bits per heavy atom. The van der Waals surface area contributed by atoms with Gasteiger partial charge < -0.3 is 10.1 Å². The fraction of sp³-hybridized carbons (Fsp3) is 0.500. The highest BCUT2D eigenvalue weighted by atomic mass is 32.2. The molecular weight excluding hydrogens is 386 g/mol. The Morgan fingerprint density at radius 3 is 2.43 bits per heavy atom. The van der Waals surface area contributed by atoms with Crippen LogP contribution >= 0.6 is 11.8 Å². The minimum atomic E-state index is -1.28. The summed E-state index contributed by atoms with van der Waals surface area (Å²) in [6.07, 6.45) is 4.43. The number of amides is 2. The number of nitrogens with one attached hydrogen (secondary N) is 1. The first-order chi connectivity index (χ1) is 13.2. The molecular formula is C20H24F2N2O3S. The first-order valence-electron chi connectivity index (χ1n) is 9.28. The number of carbonyl (C=O) groups excluding carboxylic acids is 2. The Bertz CT molecular complexity index is 799. The first kappa shape index (κ1) is 20.6. The van der Waals surface area contributed by atoms with Gasteiger partial charge in [-0.3, -0.25) is 14.5 Å². The monoisotopic (exact) mass is 410 g/mol. The maximum atomic E-state index is 13.4. The Morgan fingerprint density at radius 1 is 1.21 bits per heavy atom. The lowest BCUT2D eigenvalue weighted by Crippen LogP contribution is -2.57. The zero-order valence-electron chi connectivity index (χ0n) is 16.2. The van der Waals surface area contributed by atoms with E-state index in [9.17, 15) is 18.4 Å². The predicted molar refractivity (Wildman–Crippen MR) is 104 cm³/mol. The zero-order chi connectivity index (χ0) is 20.5. The molecule has 1 aliphatic carbocycles. The van der Waals surface area contributed by atoms with E-state index in [0.29, 0.717) is 15.9 Å². The SMILES string of the molecule is CC1=C(SC2CCCC2)C(=O)N(C(C)(C)C(=O)Nc2cc(F)cc(F)c2)CO1. The van der Waals surface area contributed by atoms with Gasteiger partial charge in [0.25, 0.3) is 5.91 Å². The van der Waals surface area contributed by atoms with Crippen LogP contribution in [0.5, 0.6) is 0 Å². The molecule has 0 saturated heterocycles. The Hall–Kier alpha value is -2.09. The van der Waals surface area contributed by atoms with Crippen LogP contribution < -0.4 is 5.32 Å². The van der Waals surface area contributed by atoms with E-state index in [1.54, 1.807) is 20.8 Å². The molecule has 1 aromatic rings. The molecule has 1 N–H and O–H groups in total. The van der Waals surface area contributed by atoms with E-state index in [1.807, 2.05) is 0 Å². The van der Waals surface area contributed by atoms with Crippen molar-refractivity contribution in [1.82, 2.24) is 4.90 Å². The fourth-order valence-corrected chi connectivity index (χ4v) is 4.65. The first-order valence-corrected chi connectivity index (χ1v) is 10.2. The van der Waals surface area contributed by atoms with Crippen LogP contribution in [0.25, 0.3) is 0 Å². The highest BCUT2D eigenvalue weighted by molar-refractivity contribution is 8.04. The van der Waals surface area contributed by atoms with Gasteiger partial charge in [-0.05, 0) is 45.7 Å². The molecule has 1 aromatic carbocycles. The third kappa shape index (κ3) is 4.32. The molecule has 0 atom stereocenters. The van der Waals surface area contributed by atoms with Gasteiger partial charge in [-0.1, -0.05) is 12.8 Å². The molecule has 1 heterocycles. The number of allylic oxidation sites excluding steroid dienone is 1. The third-order valence-electron chi connectivity index (χ3n) is 5.11. The maximum Gasteiger partial charge on any atom is 0.267 e. The van der Waals surface area contributed by atoms with Crippen LogP contribution in [0.15, 0.2) is 28.9 Å². The van der Waals surface area contributed by atoms with Crippen LogP contribution in [0.1, 0.15) is 46.5 Å². The average Bonchev–Trinajstić information content (AvgIpc) is 3.10. The maximum absolute atomic E-state index is 13.4. The quantitative estimate of drug-likeness (QED) is 0.781. The largest absolute Gasteiger partial charge is 0.476 e. The van der Waals surface area contributed by atoms with E-state index in [1.165, 1.54) is 16.7 Å². The molecule has 1 fully saturated rings. The lowest BCUT2D eigenvalue weighted by Gasteiger charge is -2.40. The van der Waals surface area contributed by atoms with Crippen molar-refractivity contribution in [2.45, 2.75) is 57.2 Å². The Kier molecular flexibility index (Phi) is 5.98. The summed E-state index contributed by atoms with van der Waals surface area (Å²) in [5.41, 5.74) is -1.28. The lowest BCUT2D eigenvalue weighted by atomic mass is 10.0. The number of hydrogen-bond acceptors (Lipinski definition) is 4. The summed E-state index contributed by atoms with van der Waals surface area (Å²) < 4.78 is 32.5. The number of nitrogens with zero attached hydrogens (tertiary/aromatic N) is 1. The summed E-state index contributed by atoms with van der Waals surface area (Å²) in [6.45, 7) is 4.86. The summed E-state index contributed by atoms with van der Waals surface area (Å²) in [6, 6.07) is 2.77. The topological polar surface area (TPSA) is 58.6 Å². The van der Waals surface area contributed by atoms with Gasteiger partial charge in [0.05, 0.1) is 0 Å². The number of rotatable bonds is 5. The summed E-state index contributed by atoms with van der Waals surface area (Å²) in [5, 5.41) is 2.87. The van der Waals surface area contributed by atoms with Gasteiger partial charge in [-0.2, -0.15) is 0 Å².